The number of hydrogen-bond donors (Lipinski definition) is 0. The fraction of sp³-hybridized carbons (Fsp3) is 0.667. The lowest BCUT2D eigenvalue weighted by molar-refractivity contribution is 0.226. The van der Waals surface area contributed by atoms with Crippen molar-refractivity contribution in [2.24, 2.45) is 29.1 Å². The molecule has 4 atom stereocenters. The second-order valence-electron chi connectivity index (χ2n) is 5.23. The summed E-state index contributed by atoms with van der Waals surface area (Å²) >= 11 is 0. The molecule has 0 spiro atoms. The third-order valence-corrected chi connectivity index (χ3v) is 4.13. The Morgan fingerprint density at radius 3 is 2.58 bits per heavy atom. The Kier molecular flexibility index (Phi) is 1.08. The van der Waals surface area contributed by atoms with Crippen LogP contribution in [0.2, 0.25) is 0 Å². The Morgan fingerprint density at radius 1 is 1.08 bits per heavy atom. The highest BCUT2D eigenvalue weighted by Crippen LogP contribution is 2.58. The van der Waals surface area contributed by atoms with Crippen LogP contribution in [-0.4, -0.2) is 0 Å². The van der Waals surface area contributed by atoms with E-state index in [9.17, 15) is 0 Å². The Morgan fingerprint density at radius 2 is 1.83 bits per heavy atom. The third-order valence-electron chi connectivity index (χ3n) is 4.13. The van der Waals surface area contributed by atoms with E-state index in [2.05, 4.69) is 38.2 Å². The topological polar surface area (TPSA) is 0 Å². The highest BCUT2D eigenvalue weighted by Gasteiger charge is 2.51. The summed E-state index contributed by atoms with van der Waals surface area (Å²) in [5.41, 5.74) is 0.467. The molecule has 0 aromatic carbocycles. The highest BCUT2D eigenvalue weighted by atomic mass is 14.6. The van der Waals surface area contributed by atoms with Crippen LogP contribution in [0.25, 0.3) is 0 Å². The van der Waals surface area contributed by atoms with Gasteiger partial charge in [0, 0.05) is 0 Å². The van der Waals surface area contributed by atoms with Crippen molar-refractivity contribution in [3.63, 3.8) is 0 Å². The van der Waals surface area contributed by atoms with E-state index >= 15 is 0 Å². The summed E-state index contributed by atoms with van der Waals surface area (Å²) in [5.74, 6) is 3.59. The minimum atomic E-state index is 0.467. The van der Waals surface area contributed by atoms with E-state index < -0.39 is 0 Å². The zero-order valence-corrected chi connectivity index (χ0v) is 7.83. The molecule has 0 heteroatoms. The monoisotopic (exact) mass is 160 g/mol. The average Bonchev–Trinajstić information content (AvgIpc) is 2.61. The van der Waals surface area contributed by atoms with Gasteiger partial charge >= 0.3 is 0 Å². The van der Waals surface area contributed by atoms with Gasteiger partial charge in [-0.05, 0) is 35.5 Å². The number of rotatable bonds is 0. The van der Waals surface area contributed by atoms with E-state index in [-0.39, 0.29) is 0 Å². The summed E-state index contributed by atoms with van der Waals surface area (Å²) < 4.78 is 0. The van der Waals surface area contributed by atoms with Crippen LogP contribution in [0.15, 0.2) is 24.3 Å². The van der Waals surface area contributed by atoms with Gasteiger partial charge in [-0.2, -0.15) is 0 Å². The van der Waals surface area contributed by atoms with E-state index in [4.69, 9.17) is 0 Å². The van der Waals surface area contributed by atoms with E-state index in [1.165, 1.54) is 6.42 Å². The molecule has 3 rings (SSSR count). The van der Waals surface area contributed by atoms with E-state index in [1.807, 2.05) is 0 Å². The third kappa shape index (κ3) is 0.646. The molecule has 0 aliphatic heterocycles. The molecule has 0 unspecified atom stereocenters. The summed E-state index contributed by atoms with van der Waals surface area (Å²) in [6.45, 7) is 4.78. The van der Waals surface area contributed by atoms with Gasteiger partial charge in [0.15, 0.2) is 0 Å². The maximum Gasteiger partial charge on any atom is -0.0128 e. The average molecular weight is 160 g/mol. The first-order valence-corrected chi connectivity index (χ1v) is 5.06. The van der Waals surface area contributed by atoms with Gasteiger partial charge < -0.3 is 0 Å². The van der Waals surface area contributed by atoms with Gasteiger partial charge in [0.1, 0.15) is 0 Å². The summed E-state index contributed by atoms with van der Waals surface area (Å²) in [4.78, 5) is 0. The fourth-order valence-electron chi connectivity index (χ4n) is 3.64. The van der Waals surface area contributed by atoms with Crippen LogP contribution < -0.4 is 0 Å². The Bertz CT molecular complexity index is 270. The fourth-order valence-corrected chi connectivity index (χ4v) is 3.64. The lowest BCUT2D eigenvalue weighted by atomic mass is 9.72. The second-order valence-corrected chi connectivity index (χ2v) is 5.23. The minimum absolute atomic E-state index is 0.467. The van der Waals surface area contributed by atoms with Gasteiger partial charge in [-0.3, -0.25) is 0 Å². The molecule has 0 amide bonds. The van der Waals surface area contributed by atoms with Crippen molar-refractivity contribution in [1.29, 1.82) is 0 Å². The van der Waals surface area contributed by atoms with Crippen molar-refractivity contribution in [2.45, 2.75) is 20.3 Å². The first-order valence-electron chi connectivity index (χ1n) is 5.06. The predicted molar refractivity (Wildman–Crippen MR) is 50.6 cm³/mol. The molecule has 64 valence electrons. The van der Waals surface area contributed by atoms with Crippen molar-refractivity contribution in [1.82, 2.24) is 0 Å². The Hall–Kier alpha value is -0.520. The molecular formula is C12H16. The highest BCUT2D eigenvalue weighted by molar-refractivity contribution is 5.26. The van der Waals surface area contributed by atoms with E-state index in [1.54, 1.807) is 0 Å². The van der Waals surface area contributed by atoms with Crippen molar-refractivity contribution in [3.05, 3.63) is 24.3 Å². The van der Waals surface area contributed by atoms with Crippen molar-refractivity contribution >= 4 is 0 Å². The predicted octanol–water partition coefficient (Wildman–Crippen LogP) is 3.02. The minimum Gasteiger partial charge on any atom is -0.0848 e. The van der Waals surface area contributed by atoms with Crippen LogP contribution in [-0.2, 0) is 0 Å². The van der Waals surface area contributed by atoms with Crippen LogP contribution in [0.5, 0.6) is 0 Å². The molecule has 2 bridgehead atoms. The molecule has 0 N–H and O–H groups in total. The quantitative estimate of drug-likeness (QED) is 0.478. The second kappa shape index (κ2) is 1.86. The van der Waals surface area contributed by atoms with E-state index in [0.717, 1.165) is 23.7 Å². The molecule has 3 aliphatic rings. The zero-order chi connectivity index (χ0) is 8.34. The molecule has 1 saturated carbocycles. The van der Waals surface area contributed by atoms with Crippen LogP contribution >= 0.6 is 0 Å². The molecule has 1 fully saturated rings. The van der Waals surface area contributed by atoms with Crippen molar-refractivity contribution < 1.29 is 0 Å². The van der Waals surface area contributed by atoms with Crippen molar-refractivity contribution in [2.75, 3.05) is 0 Å². The maximum atomic E-state index is 2.47. The zero-order valence-electron chi connectivity index (χ0n) is 7.83. The lowest BCUT2D eigenvalue weighted by Gasteiger charge is -2.32. The Labute approximate surface area is 74.4 Å². The number of allylic oxidation sites excluding steroid dienone is 4. The summed E-state index contributed by atoms with van der Waals surface area (Å²) in [6, 6.07) is 0. The van der Waals surface area contributed by atoms with Crippen LogP contribution in [0.3, 0.4) is 0 Å². The van der Waals surface area contributed by atoms with Gasteiger partial charge in [-0.15, -0.1) is 0 Å². The SMILES string of the molecule is CC1(C)C=C[C@@H]2[C@@H]1[C@H]1C=C[C@H]2C1. The first-order chi connectivity index (χ1) is 5.68. The molecule has 0 radical (unpaired) electrons. The molecule has 0 saturated heterocycles. The summed E-state index contributed by atoms with van der Waals surface area (Å²) in [5, 5.41) is 0. The lowest BCUT2D eigenvalue weighted by Crippen LogP contribution is -2.26. The van der Waals surface area contributed by atoms with Gasteiger partial charge in [0.25, 0.3) is 0 Å². The largest absolute Gasteiger partial charge is 0.0848 e. The van der Waals surface area contributed by atoms with E-state index in [0.29, 0.717) is 5.41 Å². The molecule has 0 heterocycles. The van der Waals surface area contributed by atoms with Gasteiger partial charge in [-0.1, -0.05) is 38.2 Å². The molecule has 0 aromatic heterocycles. The summed E-state index contributed by atoms with van der Waals surface area (Å²) in [6.07, 6.45) is 11.2. The first kappa shape index (κ1) is 6.94. The van der Waals surface area contributed by atoms with Gasteiger partial charge in [0.2, 0.25) is 0 Å². The number of hydrogen-bond acceptors (Lipinski definition) is 0. The Balaban J connectivity index is 2.04. The van der Waals surface area contributed by atoms with Crippen LogP contribution in [0.4, 0.5) is 0 Å². The van der Waals surface area contributed by atoms with Crippen molar-refractivity contribution in [3.8, 4) is 0 Å². The summed E-state index contributed by atoms with van der Waals surface area (Å²) in [7, 11) is 0. The normalized spacial score (nSPS) is 51.8. The number of fused-ring (bicyclic) bond motifs is 5. The van der Waals surface area contributed by atoms with Gasteiger partial charge in [-0.25, -0.2) is 0 Å². The molecule has 12 heavy (non-hydrogen) atoms. The van der Waals surface area contributed by atoms with Gasteiger partial charge in [0.05, 0.1) is 0 Å². The molecule has 0 aromatic rings. The van der Waals surface area contributed by atoms with Crippen LogP contribution in [0, 0.1) is 29.1 Å². The maximum absolute atomic E-state index is 2.47. The molecule has 3 aliphatic carbocycles. The standard InChI is InChI=1S/C12H16/c1-12(2)6-5-10-8-3-4-9(7-8)11(10)12/h3-6,8-11H,7H2,1-2H3/t8-,9-,10-,11-/m0/s1. The molecular weight excluding hydrogens is 144 g/mol. The smallest absolute Gasteiger partial charge is 0.0128 e. The molecule has 0 nitrogen and oxygen atoms in total. The van der Waals surface area contributed by atoms with Crippen LogP contribution in [0.1, 0.15) is 20.3 Å².